The van der Waals surface area contributed by atoms with Crippen LogP contribution in [0.25, 0.3) is 0 Å². The number of carboxylic acid groups (broad SMARTS) is 1. The van der Waals surface area contributed by atoms with Gasteiger partial charge in [-0.15, -0.1) is 11.3 Å². The zero-order chi connectivity index (χ0) is 42.4. The maximum Gasteiger partial charge on any atom is 0.311 e. The second kappa shape index (κ2) is 23.3. The minimum atomic E-state index is -0.944. The lowest BCUT2D eigenvalue weighted by molar-refractivity contribution is -0.142. The van der Waals surface area contributed by atoms with Crippen molar-refractivity contribution < 1.29 is 33.8 Å². The molecule has 7 atom stereocenters. The van der Waals surface area contributed by atoms with Crippen molar-refractivity contribution in [3.8, 4) is 5.75 Å². The molecule has 3 amide bonds. The van der Waals surface area contributed by atoms with Crippen LogP contribution in [-0.4, -0.2) is 115 Å². The van der Waals surface area contributed by atoms with Crippen molar-refractivity contribution in [3.63, 3.8) is 0 Å². The zero-order valence-corrected chi connectivity index (χ0v) is 37.0. The van der Waals surface area contributed by atoms with Gasteiger partial charge in [0.15, 0.2) is 0 Å². The predicted octanol–water partition coefficient (Wildman–Crippen LogP) is 6.18. The summed E-state index contributed by atoms with van der Waals surface area (Å²) in [6, 6.07) is 4.06. The van der Waals surface area contributed by atoms with E-state index in [1.165, 1.54) is 11.3 Å². The van der Waals surface area contributed by atoms with Crippen LogP contribution in [0.4, 0.5) is 0 Å². The summed E-state index contributed by atoms with van der Waals surface area (Å²) in [5.74, 6) is -1.28. The number of hydrogen-bond acceptors (Lipinski definition) is 10. The molecule has 4 rings (SSSR count). The highest BCUT2D eigenvalue weighted by Gasteiger charge is 2.38. The molecule has 0 bridgehead atoms. The first-order valence-electron chi connectivity index (χ1n) is 21.6. The van der Waals surface area contributed by atoms with Crippen LogP contribution in [0.2, 0.25) is 0 Å². The average molecular weight is 827 g/mol. The molecule has 14 heteroatoms. The summed E-state index contributed by atoms with van der Waals surface area (Å²) in [7, 11) is 3.83. The lowest BCUT2D eigenvalue weighted by atomic mass is 9.80. The van der Waals surface area contributed by atoms with Crippen molar-refractivity contribution in [2.24, 2.45) is 11.8 Å². The number of fused-ring (bicyclic) bond motifs is 1. The van der Waals surface area contributed by atoms with Crippen LogP contribution in [0.3, 0.4) is 0 Å². The van der Waals surface area contributed by atoms with E-state index in [4.69, 9.17) is 14.5 Å². The number of rotatable bonds is 23. The number of nitrogens with one attached hydrogen (secondary N) is 3. The third-order valence-corrected chi connectivity index (χ3v) is 12.6. The van der Waals surface area contributed by atoms with Crippen molar-refractivity contribution in [2.45, 2.75) is 142 Å². The summed E-state index contributed by atoms with van der Waals surface area (Å²) >= 11 is 1.36. The van der Waals surface area contributed by atoms with Crippen molar-refractivity contribution in [1.82, 2.24) is 30.7 Å². The molecule has 1 aromatic heterocycles. The number of hydrogen-bond donors (Lipinski definition) is 4. The lowest BCUT2D eigenvalue weighted by Gasteiger charge is -2.39. The molecule has 1 aliphatic heterocycles. The van der Waals surface area contributed by atoms with Crippen LogP contribution in [0.5, 0.6) is 5.75 Å². The SMILES string of the molecule is CCCOC(CC(C(C)C)N(CCC)C(=O)C(CC(C)CC)NC(=O)C1CCCCN1C)c1nc(C(=O)NC2Cc3ccc(OCCNC)cc3C(C(=O)O)C2)cs1. The topological polar surface area (TPSA) is 162 Å². The van der Waals surface area contributed by atoms with Gasteiger partial charge in [-0.2, -0.15) is 0 Å². The Bertz CT molecular complexity index is 1640. The summed E-state index contributed by atoms with van der Waals surface area (Å²) in [5.41, 5.74) is 1.84. The van der Waals surface area contributed by atoms with E-state index in [2.05, 4.69) is 55.5 Å². The Balaban J connectivity index is 1.52. The van der Waals surface area contributed by atoms with Crippen LogP contribution < -0.4 is 20.7 Å². The predicted molar refractivity (Wildman–Crippen MR) is 228 cm³/mol. The Morgan fingerprint density at radius 2 is 1.84 bits per heavy atom. The van der Waals surface area contributed by atoms with Gasteiger partial charge in [0.25, 0.3) is 5.91 Å². The number of nitrogens with zero attached hydrogens (tertiary/aromatic N) is 3. The van der Waals surface area contributed by atoms with Gasteiger partial charge >= 0.3 is 5.97 Å². The fraction of sp³-hybridized carbons (Fsp3) is 0.705. The lowest BCUT2D eigenvalue weighted by Crippen LogP contribution is -2.57. The molecule has 2 aliphatic rings. The smallest absolute Gasteiger partial charge is 0.311 e. The highest BCUT2D eigenvalue weighted by atomic mass is 32.1. The molecule has 13 nitrogen and oxygen atoms in total. The number of piperidine rings is 1. The molecule has 0 saturated carbocycles. The number of aromatic nitrogens is 1. The standard InChI is InChI=1S/C44H70N6O7S/c1-9-18-50(43(53)35(22-29(6)11-3)47-41(52)37-14-12-13-19-49(37)8)38(28(4)5)26-39(57-20-10-2)42-48-36(27-58-42)40(51)46-31-23-30-15-16-32(56-21-17-45-7)25-33(30)34(24-31)44(54)55/h15-16,25,27-29,31,34-35,37-39,45H,9-14,17-24,26H2,1-8H3,(H,46,51)(H,47,52)(H,54,55). The molecule has 1 aliphatic carbocycles. The van der Waals surface area contributed by atoms with Crippen LogP contribution >= 0.6 is 11.3 Å². The molecule has 4 N–H and O–H groups in total. The van der Waals surface area contributed by atoms with Gasteiger partial charge in [-0.1, -0.05) is 60.5 Å². The summed E-state index contributed by atoms with van der Waals surface area (Å²) in [6.07, 6.45) is 6.62. The van der Waals surface area contributed by atoms with Crippen LogP contribution in [0.15, 0.2) is 23.6 Å². The van der Waals surface area contributed by atoms with Crippen LogP contribution in [-0.2, 0) is 25.5 Å². The highest BCUT2D eigenvalue weighted by molar-refractivity contribution is 7.09. The number of ether oxygens (including phenoxy) is 2. The van der Waals surface area contributed by atoms with E-state index in [-0.39, 0.29) is 53.8 Å². The van der Waals surface area contributed by atoms with E-state index in [9.17, 15) is 24.3 Å². The number of carbonyl (C=O) groups is 4. The van der Waals surface area contributed by atoms with Crippen molar-refractivity contribution in [3.05, 3.63) is 45.4 Å². The number of carboxylic acids is 1. The van der Waals surface area contributed by atoms with Gasteiger partial charge in [-0.3, -0.25) is 24.1 Å². The van der Waals surface area contributed by atoms with Crippen molar-refractivity contribution in [1.29, 1.82) is 0 Å². The Morgan fingerprint density at radius 1 is 1.07 bits per heavy atom. The number of aliphatic carboxylic acids is 1. The third-order valence-electron chi connectivity index (χ3n) is 11.7. The minimum absolute atomic E-state index is 0.0626. The number of likely N-dealkylation sites (N-methyl/N-ethyl adjacent to an activating group) is 2. The Morgan fingerprint density at radius 3 is 2.50 bits per heavy atom. The van der Waals surface area contributed by atoms with E-state index >= 15 is 0 Å². The van der Waals surface area contributed by atoms with E-state index < -0.39 is 30.1 Å². The normalized spacial score (nSPS) is 20.4. The fourth-order valence-corrected chi connectivity index (χ4v) is 9.03. The van der Waals surface area contributed by atoms with Gasteiger partial charge in [-0.25, -0.2) is 4.98 Å². The van der Waals surface area contributed by atoms with Gasteiger partial charge in [0.05, 0.1) is 12.0 Å². The fourth-order valence-electron chi connectivity index (χ4n) is 8.17. The molecule has 324 valence electrons. The largest absolute Gasteiger partial charge is 0.492 e. The number of likely N-dealkylation sites (tertiary alicyclic amines) is 1. The van der Waals surface area contributed by atoms with E-state index in [0.717, 1.165) is 50.6 Å². The molecule has 0 radical (unpaired) electrons. The molecule has 1 saturated heterocycles. The van der Waals surface area contributed by atoms with Gasteiger partial charge < -0.3 is 35.4 Å². The molecule has 0 spiro atoms. The molecule has 2 aromatic rings. The monoisotopic (exact) mass is 827 g/mol. The first-order chi connectivity index (χ1) is 27.8. The summed E-state index contributed by atoms with van der Waals surface area (Å²) in [5, 5.41) is 21.9. The number of thiazole rings is 1. The Hall–Kier alpha value is -3.59. The number of carbonyl (C=O) groups excluding carboxylic acids is 3. The van der Waals surface area contributed by atoms with E-state index in [0.29, 0.717) is 61.9 Å². The summed E-state index contributed by atoms with van der Waals surface area (Å²) in [6.45, 7) is 15.6. The number of benzene rings is 1. The summed E-state index contributed by atoms with van der Waals surface area (Å²) in [4.78, 5) is 63.4. The third kappa shape index (κ3) is 13.0. The van der Waals surface area contributed by atoms with Gasteiger partial charge in [-0.05, 0) is 101 Å². The first-order valence-corrected chi connectivity index (χ1v) is 22.5. The molecule has 7 unspecified atom stereocenters. The van der Waals surface area contributed by atoms with Gasteiger partial charge in [0.1, 0.15) is 35.2 Å². The molecule has 1 aromatic carbocycles. The second-order valence-corrected chi connectivity index (χ2v) is 17.5. The Labute approximate surface area is 350 Å². The molecule has 58 heavy (non-hydrogen) atoms. The van der Waals surface area contributed by atoms with Crippen molar-refractivity contribution >= 4 is 35.0 Å². The van der Waals surface area contributed by atoms with Gasteiger partial charge in [0, 0.05) is 43.6 Å². The second-order valence-electron chi connectivity index (χ2n) is 16.6. The molecular weight excluding hydrogens is 757 g/mol. The molecule has 1 fully saturated rings. The minimum Gasteiger partial charge on any atom is -0.492 e. The van der Waals surface area contributed by atoms with Gasteiger partial charge in [0.2, 0.25) is 11.8 Å². The molecule has 2 heterocycles. The molecular formula is C44H70N6O7S. The maximum absolute atomic E-state index is 14.7. The maximum atomic E-state index is 14.7. The average Bonchev–Trinajstić information content (AvgIpc) is 3.70. The summed E-state index contributed by atoms with van der Waals surface area (Å²) < 4.78 is 12.2. The first kappa shape index (κ1) is 47.1. The quantitative estimate of drug-likeness (QED) is 0.0953. The van der Waals surface area contributed by atoms with Crippen LogP contribution in [0.1, 0.15) is 138 Å². The van der Waals surface area contributed by atoms with Crippen molar-refractivity contribution in [2.75, 3.05) is 46.9 Å². The highest BCUT2D eigenvalue weighted by Crippen LogP contribution is 2.36. The Kier molecular flexibility index (Phi) is 18.9. The van der Waals surface area contributed by atoms with E-state index in [1.807, 2.05) is 44.1 Å². The zero-order valence-electron chi connectivity index (χ0n) is 36.2. The number of amides is 3. The van der Waals surface area contributed by atoms with E-state index in [1.54, 1.807) is 5.38 Å². The van der Waals surface area contributed by atoms with Crippen LogP contribution in [0, 0.1) is 11.8 Å².